The van der Waals surface area contributed by atoms with Gasteiger partial charge in [0.25, 0.3) is 6.43 Å². The number of ether oxygens (including phenoxy) is 1. The van der Waals surface area contributed by atoms with E-state index in [4.69, 9.17) is 4.74 Å². The van der Waals surface area contributed by atoms with E-state index in [1.807, 2.05) is 0 Å². The van der Waals surface area contributed by atoms with Crippen LogP contribution in [0.25, 0.3) is 0 Å². The molecule has 0 aromatic heterocycles. The van der Waals surface area contributed by atoms with Crippen molar-refractivity contribution < 1.29 is 13.5 Å². The molecule has 0 radical (unpaired) electrons. The van der Waals surface area contributed by atoms with E-state index in [2.05, 4.69) is 19.2 Å². The van der Waals surface area contributed by atoms with Gasteiger partial charge in [0.05, 0.1) is 0 Å². The fraction of sp³-hybridized carbons (Fsp3) is 1.00. The number of halogens is 2. The third-order valence-corrected chi connectivity index (χ3v) is 4.44. The second kappa shape index (κ2) is 10.5. The SMILES string of the molecule is CCCNC(CCOCC(F)F)C1CCCC(CC)C1. The average Bonchev–Trinajstić information content (AvgIpc) is 2.46. The zero-order valence-electron chi connectivity index (χ0n) is 13.0. The topological polar surface area (TPSA) is 21.3 Å². The number of alkyl halides is 2. The van der Waals surface area contributed by atoms with Crippen molar-refractivity contribution in [2.75, 3.05) is 19.8 Å². The van der Waals surface area contributed by atoms with Gasteiger partial charge in [0.2, 0.25) is 0 Å². The highest BCUT2D eigenvalue weighted by Gasteiger charge is 2.27. The maximum atomic E-state index is 12.1. The Morgan fingerprint density at radius 1 is 1.25 bits per heavy atom. The highest BCUT2D eigenvalue weighted by molar-refractivity contribution is 4.82. The second-order valence-electron chi connectivity index (χ2n) is 6.02. The lowest BCUT2D eigenvalue weighted by Gasteiger charge is -2.35. The van der Waals surface area contributed by atoms with Gasteiger partial charge in [-0.05, 0) is 44.1 Å². The van der Waals surface area contributed by atoms with Crippen LogP contribution < -0.4 is 5.32 Å². The molecule has 0 saturated heterocycles. The zero-order chi connectivity index (χ0) is 14.8. The number of hydrogen-bond acceptors (Lipinski definition) is 2. The van der Waals surface area contributed by atoms with Crippen LogP contribution in [0.4, 0.5) is 8.78 Å². The first-order valence-electron chi connectivity index (χ1n) is 8.26. The predicted molar refractivity (Wildman–Crippen MR) is 79.3 cm³/mol. The van der Waals surface area contributed by atoms with Gasteiger partial charge in [-0.25, -0.2) is 8.78 Å². The molecule has 3 atom stereocenters. The smallest absolute Gasteiger partial charge is 0.261 e. The molecule has 0 aromatic carbocycles. The van der Waals surface area contributed by atoms with Crippen LogP contribution in [-0.4, -0.2) is 32.2 Å². The van der Waals surface area contributed by atoms with Crippen molar-refractivity contribution in [2.24, 2.45) is 11.8 Å². The van der Waals surface area contributed by atoms with Gasteiger partial charge in [-0.3, -0.25) is 0 Å². The molecule has 1 saturated carbocycles. The zero-order valence-corrected chi connectivity index (χ0v) is 13.0. The van der Waals surface area contributed by atoms with Crippen LogP contribution in [-0.2, 0) is 4.74 Å². The summed E-state index contributed by atoms with van der Waals surface area (Å²) < 4.78 is 29.2. The molecule has 0 heterocycles. The highest BCUT2D eigenvalue weighted by atomic mass is 19.3. The first-order chi connectivity index (χ1) is 9.67. The van der Waals surface area contributed by atoms with Crippen LogP contribution >= 0.6 is 0 Å². The molecule has 120 valence electrons. The van der Waals surface area contributed by atoms with Crippen molar-refractivity contribution >= 4 is 0 Å². The third kappa shape index (κ3) is 6.98. The molecule has 0 aliphatic heterocycles. The Kier molecular flexibility index (Phi) is 9.36. The summed E-state index contributed by atoms with van der Waals surface area (Å²) in [6.07, 6.45) is 6.10. The minimum absolute atomic E-state index is 0.428. The van der Waals surface area contributed by atoms with Crippen LogP contribution in [0, 0.1) is 11.8 Å². The summed E-state index contributed by atoms with van der Waals surface area (Å²) in [4.78, 5) is 0. The Labute approximate surface area is 122 Å². The summed E-state index contributed by atoms with van der Waals surface area (Å²) >= 11 is 0. The van der Waals surface area contributed by atoms with E-state index in [0.717, 1.165) is 25.3 Å². The van der Waals surface area contributed by atoms with E-state index in [1.165, 1.54) is 32.1 Å². The Bertz CT molecular complexity index is 239. The monoisotopic (exact) mass is 291 g/mol. The molecule has 0 amide bonds. The average molecular weight is 291 g/mol. The summed E-state index contributed by atoms with van der Waals surface area (Å²) in [5.74, 6) is 1.54. The number of rotatable bonds is 10. The Morgan fingerprint density at radius 2 is 2.05 bits per heavy atom. The number of hydrogen-bond donors (Lipinski definition) is 1. The van der Waals surface area contributed by atoms with Crippen LogP contribution in [0.1, 0.15) is 58.8 Å². The van der Waals surface area contributed by atoms with Crippen molar-refractivity contribution in [3.63, 3.8) is 0 Å². The minimum atomic E-state index is -2.35. The molecular formula is C16H31F2NO. The molecule has 4 heteroatoms. The van der Waals surface area contributed by atoms with Crippen LogP contribution in [0.2, 0.25) is 0 Å². The molecule has 0 bridgehead atoms. The molecule has 0 spiro atoms. The molecule has 1 aliphatic rings. The van der Waals surface area contributed by atoms with Crippen LogP contribution in [0.15, 0.2) is 0 Å². The quantitative estimate of drug-likeness (QED) is 0.608. The predicted octanol–water partition coefficient (Wildman–Crippen LogP) is 4.24. The lowest BCUT2D eigenvalue weighted by Crippen LogP contribution is -2.40. The Hall–Kier alpha value is -0.220. The maximum absolute atomic E-state index is 12.1. The summed E-state index contributed by atoms with van der Waals surface area (Å²) in [5, 5.41) is 3.60. The molecule has 3 unspecified atom stereocenters. The van der Waals surface area contributed by atoms with Crippen LogP contribution in [0.5, 0.6) is 0 Å². The van der Waals surface area contributed by atoms with Crippen molar-refractivity contribution in [1.29, 1.82) is 0 Å². The number of nitrogens with one attached hydrogen (secondary N) is 1. The van der Waals surface area contributed by atoms with Gasteiger partial charge in [-0.15, -0.1) is 0 Å². The van der Waals surface area contributed by atoms with Gasteiger partial charge < -0.3 is 10.1 Å². The first kappa shape index (κ1) is 17.8. The fourth-order valence-electron chi connectivity index (χ4n) is 3.29. The molecule has 1 rings (SSSR count). The van der Waals surface area contributed by atoms with Gasteiger partial charge in [-0.2, -0.15) is 0 Å². The fourth-order valence-corrected chi connectivity index (χ4v) is 3.29. The summed E-state index contributed by atoms with van der Waals surface area (Å²) in [7, 11) is 0. The molecular weight excluding hydrogens is 260 g/mol. The lowest BCUT2D eigenvalue weighted by atomic mass is 9.76. The summed E-state index contributed by atoms with van der Waals surface area (Å²) in [6, 6.07) is 0.432. The van der Waals surface area contributed by atoms with Gasteiger partial charge >= 0.3 is 0 Å². The normalized spacial score (nSPS) is 25.1. The molecule has 1 N–H and O–H groups in total. The second-order valence-corrected chi connectivity index (χ2v) is 6.02. The third-order valence-electron chi connectivity index (χ3n) is 4.44. The molecule has 2 nitrogen and oxygen atoms in total. The van der Waals surface area contributed by atoms with Gasteiger partial charge in [0.1, 0.15) is 6.61 Å². The van der Waals surface area contributed by atoms with Crippen molar-refractivity contribution in [2.45, 2.75) is 71.3 Å². The summed E-state index contributed by atoms with van der Waals surface area (Å²) in [5.41, 5.74) is 0. The molecule has 0 aromatic rings. The Morgan fingerprint density at radius 3 is 2.70 bits per heavy atom. The largest absolute Gasteiger partial charge is 0.375 e. The molecule has 20 heavy (non-hydrogen) atoms. The highest BCUT2D eigenvalue weighted by Crippen LogP contribution is 2.33. The van der Waals surface area contributed by atoms with Gasteiger partial charge in [0, 0.05) is 12.6 Å². The van der Waals surface area contributed by atoms with Gasteiger partial charge in [-0.1, -0.05) is 33.1 Å². The van der Waals surface area contributed by atoms with Crippen molar-refractivity contribution in [3.05, 3.63) is 0 Å². The first-order valence-corrected chi connectivity index (χ1v) is 8.26. The summed E-state index contributed by atoms with van der Waals surface area (Å²) in [6.45, 7) is 5.45. The van der Waals surface area contributed by atoms with E-state index in [9.17, 15) is 8.78 Å². The lowest BCUT2D eigenvalue weighted by molar-refractivity contribution is 0.0116. The van der Waals surface area contributed by atoms with E-state index >= 15 is 0 Å². The Balaban J connectivity index is 2.37. The minimum Gasteiger partial charge on any atom is -0.375 e. The van der Waals surface area contributed by atoms with Crippen molar-refractivity contribution in [1.82, 2.24) is 5.32 Å². The molecule has 1 fully saturated rings. The van der Waals surface area contributed by atoms with E-state index in [0.29, 0.717) is 18.6 Å². The van der Waals surface area contributed by atoms with Crippen molar-refractivity contribution in [3.8, 4) is 0 Å². The van der Waals surface area contributed by atoms with Gasteiger partial charge in [0.15, 0.2) is 0 Å². The maximum Gasteiger partial charge on any atom is 0.261 e. The standard InChI is InChI=1S/C16H31F2NO/c1-3-9-19-15(8-10-20-12-16(17)18)14-7-5-6-13(4-2)11-14/h13-16,19H,3-12H2,1-2H3. The van der Waals surface area contributed by atoms with E-state index in [1.54, 1.807) is 0 Å². The van der Waals surface area contributed by atoms with E-state index in [-0.39, 0.29) is 0 Å². The van der Waals surface area contributed by atoms with E-state index < -0.39 is 13.0 Å². The van der Waals surface area contributed by atoms with Crippen LogP contribution in [0.3, 0.4) is 0 Å². The molecule has 1 aliphatic carbocycles.